The molecule has 0 spiro atoms. The third-order valence-electron chi connectivity index (χ3n) is 3.17. The Morgan fingerprint density at radius 1 is 1.37 bits per heavy atom. The van der Waals surface area contributed by atoms with E-state index >= 15 is 0 Å². The molecule has 0 saturated carbocycles. The molecule has 2 rings (SSSR count). The molecule has 19 heavy (non-hydrogen) atoms. The topological polar surface area (TPSA) is 57.3 Å². The van der Waals surface area contributed by atoms with E-state index in [1.54, 1.807) is 0 Å². The molecule has 1 aliphatic heterocycles. The molecule has 0 radical (unpaired) electrons. The summed E-state index contributed by atoms with van der Waals surface area (Å²) in [5.41, 5.74) is 2.04. The minimum atomic E-state index is 0.0133. The van der Waals surface area contributed by atoms with Gasteiger partial charge >= 0.3 is 0 Å². The fourth-order valence-corrected chi connectivity index (χ4v) is 2.35. The van der Waals surface area contributed by atoms with Gasteiger partial charge in [0.25, 0.3) is 0 Å². The summed E-state index contributed by atoms with van der Waals surface area (Å²) < 4.78 is 0. The number of amides is 1. The number of hydrogen-bond donors (Lipinski definition) is 2. The molecular weight excluding hydrogens is 240 g/mol. The first-order valence-electron chi connectivity index (χ1n) is 6.82. The van der Waals surface area contributed by atoms with Gasteiger partial charge in [-0.1, -0.05) is 0 Å². The predicted molar refractivity (Wildman–Crippen MR) is 76.3 cm³/mol. The van der Waals surface area contributed by atoms with Crippen molar-refractivity contribution < 1.29 is 4.79 Å². The van der Waals surface area contributed by atoms with E-state index in [-0.39, 0.29) is 5.91 Å². The van der Waals surface area contributed by atoms with Gasteiger partial charge in [0.15, 0.2) is 0 Å². The quantitative estimate of drug-likeness (QED) is 0.851. The highest BCUT2D eigenvalue weighted by Crippen LogP contribution is 2.09. The average molecular weight is 262 g/mol. The zero-order valence-electron chi connectivity index (χ0n) is 11.7. The van der Waals surface area contributed by atoms with Crippen molar-refractivity contribution in [2.75, 3.05) is 38.0 Å². The number of nitrogens with zero attached hydrogens (tertiary/aromatic N) is 2. The lowest BCUT2D eigenvalue weighted by Crippen LogP contribution is -2.35. The Labute approximate surface area is 114 Å². The summed E-state index contributed by atoms with van der Waals surface area (Å²) >= 11 is 0. The number of hydrogen-bond acceptors (Lipinski definition) is 4. The Morgan fingerprint density at radius 3 is 3.00 bits per heavy atom. The van der Waals surface area contributed by atoms with Gasteiger partial charge < -0.3 is 10.6 Å². The van der Waals surface area contributed by atoms with Gasteiger partial charge in [0.2, 0.25) is 5.91 Å². The molecule has 0 aliphatic carbocycles. The van der Waals surface area contributed by atoms with E-state index in [2.05, 4.69) is 20.5 Å². The third kappa shape index (κ3) is 4.61. The Bertz CT molecular complexity index is 419. The first kappa shape index (κ1) is 14.0. The molecule has 0 atom stereocenters. The van der Waals surface area contributed by atoms with Crippen LogP contribution in [0, 0.1) is 13.8 Å². The lowest BCUT2D eigenvalue weighted by atomic mass is 10.2. The van der Waals surface area contributed by atoms with Crippen molar-refractivity contribution in [3.63, 3.8) is 0 Å². The van der Waals surface area contributed by atoms with Crippen molar-refractivity contribution in [1.82, 2.24) is 15.2 Å². The second-order valence-corrected chi connectivity index (χ2v) is 5.10. The standard InChI is InChI=1S/C14H22N4O/c1-11-8-12(2)16-13(9-11)17-14(19)10-18-6-3-4-15-5-7-18/h8-9,15H,3-7,10H2,1-2H3,(H,16,17,19). The van der Waals surface area contributed by atoms with Gasteiger partial charge in [-0.05, 0) is 51.1 Å². The van der Waals surface area contributed by atoms with Gasteiger partial charge in [-0.15, -0.1) is 0 Å². The number of aromatic nitrogens is 1. The smallest absolute Gasteiger partial charge is 0.239 e. The normalized spacial score (nSPS) is 16.9. The van der Waals surface area contributed by atoms with E-state index < -0.39 is 0 Å². The highest BCUT2D eigenvalue weighted by Gasteiger charge is 2.13. The summed E-state index contributed by atoms with van der Waals surface area (Å²) in [6.45, 7) is 8.27. The van der Waals surface area contributed by atoms with Crippen LogP contribution in [0.25, 0.3) is 0 Å². The molecule has 1 fully saturated rings. The number of pyridine rings is 1. The van der Waals surface area contributed by atoms with Crippen LogP contribution >= 0.6 is 0 Å². The molecule has 1 aliphatic rings. The zero-order valence-corrected chi connectivity index (χ0v) is 11.7. The summed E-state index contributed by atoms with van der Waals surface area (Å²) in [7, 11) is 0. The molecule has 1 amide bonds. The molecule has 1 aromatic heterocycles. The van der Waals surface area contributed by atoms with Crippen molar-refractivity contribution in [3.8, 4) is 0 Å². The molecule has 5 heteroatoms. The van der Waals surface area contributed by atoms with Crippen molar-refractivity contribution >= 4 is 11.7 Å². The second kappa shape index (κ2) is 6.63. The molecule has 0 bridgehead atoms. The van der Waals surface area contributed by atoms with Crippen LogP contribution in [-0.4, -0.2) is 48.5 Å². The van der Waals surface area contributed by atoms with Crippen molar-refractivity contribution in [1.29, 1.82) is 0 Å². The summed E-state index contributed by atoms with van der Waals surface area (Å²) in [5.74, 6) is 0.662. The van der Waals surface area contributed by atoms with Crippen LogP contribution in [0.4, 0.5) is 5.82 Å². The number of rotatable bonds is 3. The van der Waals surface area contributed by atoms with Gasteiger partial charge in [-0.25, -0.2) is 4.98 Å². The number of anilines is 1. The predicted octanol–water partition coefficient (Wildman–Crippen LogP) is 0.932. The fraction of sp³-hybridized carbons (Fsp3) is 0.571. The minimum Gasteiger partial charge on any atom is -0.315 e. The average Bonchev–Trinajstić information content (AvgIpc) is 2.55. The minimum absolute atomic E-state index is 0.0133. The summed E-state index contributed by atoms with van der Waals surface area (Å²) in [6.07, 6.45) is 1.09. The van der Waals surface area contributed by atoms with Gasteiger partial charge in [-0.3, -0.25) is 9.69 Å². The van der Waals surface area contributed by atoms with Crippen LogP contribution in [0.5, 0.6) is 0 Å². The lowest BCUT2D eigenvalue weighted by molar-refractivity contribution is -0.117. The molecule has 2 N–H and O–H groups in total. The maximum absolute atomic E-state index is 12.0. The first-order chi connectivity index (χ1) is 9.13. The number of carbonyl (C=O) groups is 1. The summed E-state index contributed by atoms with van der Waals surface area (Å²) in [6, 6.07) is 3.89. The van der Waals surface area contributed by atoms with Crippen LogP contribution in [-0.2, 0) is 4.79 Å². The SMILES string of the molecule is Cc1cc(C)nc(NC(=O)CN2CCCNCC2)c1. The number of nitrogens with one attached hydrogen (secondary N) is 2. The molecule has 1 aromatic rings. The van der Waals surface area contributed by atoms with Crippen molar-refractivity contribution in [2.24, 2.45) is 0 Å². The number of aryl methyl sites for hydroxylation is 2. The largest absolute Gasteiger partial charge is 0.315 e. The van der Waals surface area contributed by atoms with Crippen LogP contribution in [0.3, 0.4) is 0 Å². The van der Waals surface area contributed by atoms with Gasteiger partial charge in [-0.2, -0.15) is 0 Å². The van der Waals surface area contributed by atoms with E-state index in [0.29, 0.717) is 12.4 Å². The van der Waals surface area contributed by atoms with Crippen LogP contribution in [0.1, 0.15) is 17.7 Å². The molecule has 104 valence electrons. The lowest BCUT2D eigenvalue weighted by Gasteiger charge is -2.18. The molecule has 0 aromatic carbocycles. The van der Waals surface area contributed by atoms with Crippen LogP contribution < -0.4 is 10.6 Å². The zero-order chi connectivity index (χ0) is 13.7. The van der Waals surface area contributed by atoms with E-state index in [0.717, 1.165) is 43.9 Å². The highest BCUT2D eigenvalue weighted by molar-refractivity contribution is 5.91. The molecular formula is C14H22N4O. The summed E-state index contributed by atoms with van der Waals surface area (Å²) in [5, 5.41) is 6.21. The highest BCUT2D eigenvalue weighted by atomic mass is 16.2. The third-order valence-corrected chi connectivity index (χ3v) is 3.17. The van der Waals surface area contributed by atoms with Gasteiger partial charge in [0.05, 0.1) is 6.54 Å². The van der Waals surface area contributed by atoms with Crippen LogP contribution in [0.2, 0.25) is 0 Å². The van der Waals surface area contributed by atoms with E-state index in [1.165, 1.54) is 0 Å². The monoisotopic (exact) mass is 262 g/mol. The molecule has 5 nitrogen and oxygen atoms in total. The Morgan fingerprint density at radius 2 is 2.21 bits per heavy atom. The van der Waals surface area contributed by atoms with E-state index in [1.807, 2.05) is 26.0 Å². The first-order valence-corrected chi connectivity index (χ1v) is 6.82. The Kier molecular flexibility index (Phi) is 4.87. The Balaban J connectivity index is 1.89. The van der Waals surface area contributed by atoms with Crippen molar-refractivity contribution in [2.45, 2.75) is 20.3 Å². The molecule has 0 unspecified atom stereocenters. The van der Waals surface area contributed by atoms with E-state index in [4.69, 9.17) is 0 Å². The fourth-order valence-electron chi connectivity index (χ4n) is 2.35. The molecule has 1 saturated heterocycles. The van der Waals surface area contributed by atoms with Gasteiger partial charge in [0, 0.05) is 18.8 Å². The maximum Gasteiger partial charge on any atom is 0.239 e. The van der Waals surface area contributed by atoms with E-state index in [9.17, 15) is 4.79 Å². The second-order valence-electron chi connectivity index (χ2n) is 5.10. The number of carbonyl (C=O) groups excluding carboxylic acids is 1. The van der Waals surface area contributed by atoms with Crippen LogP contribution in [0.15, 0.2) is 12.1 Å². The summed E-state index contributed by atoms with van der Waals surface area (Å²) in [4.78, 5) is 18.5. The van der Waals surface area contributed by atoms with Gasteiger partial charge in [0.1, 0.15) is 5.82 Å². The molecule has 2 heterocycles. The maximum atomic E-state index is 12.0. The van der Waals surface area contributed by atoms with Crippen molar-refractivity contribution in [3.05, 3.63) is 23.4 Å². The Hall–Kier alpha value is -1.46.